The Labute approximate surface area is 146 Å². The van der Waals surface area contributed by atoms with E-state index in [1.54, 1.807) is 6.07 Å². The first kappa shape index (κ1) is 17.4. The van der Waals surface area contributed by atoms with Crippen LogP contribution >= 0.6 is 0 Å². The van der Waals surface area contributed by atoms with Crippen molar-refractivity contribution in [3.8, 4) is 0 Å². The van der Waals surface area contributed by atoms with Gasteiger partial charge in [0.05, 0.1) is 11.4 Å². The number of nitrogens with zero attached hydrogens (tertiary/aromatic N) is 2. The third-order valence-electron chi connectivity index (χ3n) is 4.44. The molecule has 132 valence electrons. The first-order chi connectivity index (χ1) is 12.1. The maximum atomic E-state index is 13.3. The van der Waals surface area contributed by atoms with Gasteiger partial charge in [-0.3, -0.25) is 4.79 Å². The van der Waals surface area contributed by atoms with Gasteiger partial charge < -0.3 is 15.1 Å². The summed E-state index contributed by atoms with van der Waals surface area (Å²) in [6.07, 6.45) is 0. The molecule has 4 nitrogen and oxygen atoms in total. The largest absolute Gasteiger partial charge is 0.367 e. The van der Waals surface area contributed by atoms with Gasteiger partial charge in [0.25, 0.3) is 5.91 Å². The fourth-order valence-electron chi connectivity index (χ4n) is 3.04. The number of piperazine rings is 1. The second kappa shape index (κ2) is 7.61. The van der Waals surface area contributed by atoms with Crippen LogP contribution in [0.5, 0.6) is 0 Å². The number of carbonyl (C=O) groups is 1. The quantitative estimate of drug-likeness (QED) is 0.923. The Bertz CT molecular complexity index is 738. The topological polar surface area (TPSA) is 35.6 Å². The molecule has 0 bridgehead atoms. The molecule has 0 unspecified atom stereocenters. The van der Waals surface area contributed by atoms with E-state index in [0.29, 0.717) is 5.69 Å². The van der Waals surface area contributed by atoms with Crippen molar-refractivity contribution in [2.75, 3.05) is 42.9 Å². The summed E-state index contributed by atoms with van der Waals surface area (Å²) in [5.74, 6) is -2.07. The molecule has 0 saturated carbocycles. The first-order valence-corrected chi connectivity index (χ1v) is 8.40. The first-order valence-electron chi connectivity index (χ1n) is 8.40. The monoisotopic (exact) mass is 345 g/mol. The zero-order valence-electron chi connectivity index (χ0n) is 14.1. The highest BCUT2D eigenvalue weighted by Crippen LogP contribution is 2.27. The lowest BCUT2D eigenvalue weighted by molar-refractivity contribution is 0.102. The zero-order chi connectivity index (χ0) is 17.8. The molecular weight excluding hydrogens is 324 g/mol. The summed E-state index contributed by atoms with van der Waals surface area (Å²) in [7, 11) is 0. The molecule has 0 radical (unpaired) electrons. The summed E-state index contributed by atoms with van der Waals surface area (Å²) >= 11 is 0. The molecule has 0 aliphatic carbocycles. The Morgan fingerprint density at radius 1 is 1.04 bits per heavy atom. The van der Waals surface area contributed by atoms with Gasteiger partial charge in [-0.1, -0.05) is 19.1 Å². The van der Waals surface area contributed by atoms with Crippen LogP contribution in [0.3, 0.4) is 0 Å². The van der Waals surface area contributed by atoms with Crippen molar-refractivity contribution in [2.24, 2.45) is 0 Å². The van der Waals surface area contributed by atoms with Crippen LogP contribution in [-0.4, -0.2) is 43.5 Å². The molecule has 0 aromatic heterocycles. The van der Waals surface area contributed by atoms with Gasteiger partial charge in [0.2, 0.25) is 0 Å². The van der Waals surface area contributed by atoms with Gasteiger partial charge in [-0.15, -0.1) is 0 Å². The van der Waals surface area contributed by atoms with Crippen LogP contribution in [0.1, 0.15) is 17.3 Å². The van der Waals surface area contributed by atoms with Gasteiger partial charge in [-0.05, 0) is 30.8 Å². The summed E-state index contributed by atoms with van der Waals surface area (Å²) in [4.78, 5) is 17.0. The minimum absolute atomic E-state index is 0.0388. The maximum Gasteiger partial charge on any atom is 0.255 e. The van der Waals surface area contributed by atoms with Crippen LogP contribution in [0, 0.1) is 11.6 Å². The Hall–Kier alpha value is -2.47. The highest BCUT2D eigenvalue weighted by molar-refractivity contribution is 6.06. The lowest BCUT2D eigenvalue weighted by Crippen LogP contribution is -2.46. The van der Waals surface area contributed by atoms with Crippen molar-refractivity contribution < 1.29 is 13.6 Å². The lowest BCUT2D eigenvalue weighted by atomic mass is 10.1. The van der Waals surface area contributed by atoms with Crippen LogP contribution in [0.15, 0.2) is 42.5 Å². The zero-order valence-corrected chi connectivity index (χ0v) is 14.1. The summed E-state index contributed by atoms with van der Waals surface area (Å²) in [6, 6.07) is 10.3. The van der Waals surface area contributed by atoms with Gasteiger partial charge >= 0.3 is 0 Å². The highest BCUT2D eigenvalue weighted by atomic mass is 19.1. The van der Waals surface area contributed by atoms with Crippen LogP contribution in [-0.2, 0) is 0 Å². The van der Waals surface area contributed by atoms with E-state index < -0.39 is 17.5 Å². The van der Waals surface area contributed by atoms with Crippen molar-refractivity contribution in [3.05, 3.63) is 59.7 Å². The molecule has 1 N–H and O–H groups in total. The average molecular weight is 345 g/mol. The number of rotatable bonds is 4. The minimum Gasteiger partial charge on any atom is -0.367 e. The van der Waals surface area contributed by atoms with Gasteiger partial charge in [0.15, 0.2) is 0 Å². The van der Waals surface area contributed by atoms with E-state index in [2.05, 4.69) is 22.0 Å². The normalized spacial score (nSPS) is 15.2. The predicted molar refractivity (Wildman–Crippen MR) is 95.1 cm³/mol. The van der Waals surface area contributed by atoms with Crippen molar-refractivity contribution in [3.63, 3.8) is 0 Å². The summed E-state index contributed by atoms with van der Waals surface area (Å²) in [5, 5.41) is 2.78. The van der Waals surface area contributed by atoms with Gasteiger partial charge in [0, 0.05) is 37.8 Å². The van der Waals surface area contributed by atoms with Gasteiger partial charge in [-0.25, -0.2) is 8.78 Å². The molecule has 0 atom stereocenters. The molecule has 6 heteroatoms. The molecule has 1 aliphatic heterocycles. The van der Waals surface area contributed by atoms with E-state index in [-0.39, 0.29) is 5.56 Å². The van der Waals surface area contributed by atoms with Crippen LogP contribution in [0.25, 0.3) is 0 Å². The number of hydrogen-bond acceptors (Lipinski definition) is 3. The standard InChI is InChI=1S/C19H21F2N3O/c1-2-23-7-9-24(10-8-23)18-6-4-3-5-17(18)22-19(25)14-11-15(20)13-16(21)12-14/h3-6,11-13H,2,7-10H2,1H3,(H,22,25). The average Bonchev–Trinajstić information content (AvgIpc) is 2.61. The molecule has 2 aromatic rings. The maximum absolute atomic E-state index is 13.3. The Kier molecular flexibility index (Phi) is 5.28. The Morgan fingerprint density at radius 3 is 2.32 bits per heavy atom. The fourth-order valence-corrected chi connectivity index (χ4v) is 3.04. The minimum atomic E-state index is -0.769. The number of hydrogen-bond donors (Lipinski definition) is 1. The number of likely N-dealkylation sites (N-methyl/N-ethyl adjacent to an activating group) is 1. The molecular formula is C19H21F2N3O. The highest BCUT2D eigenvalue weighted by Gasteiger charge is 2.19. The second-order valence-electron chi connectivity index (χ2n) is 6.05. The Balaban J connectivity index is 1.78. The van der Waals surface area contributed by atoms with E-state index >= 15 is 0 Å². The van der Waals surface area contributed by atoms with E-state index in [4.69, 9.17) is 0 Å². The number of amides is 1. The summed E-state index contributed by atoms with van der Waals surface area (Å²) < 4.78 is 26.7. The number of anilines is 2. The smallest absolute Gasteiger partial charge is 0.255 e. The molecule has 1 amide bonds. The van der Waals surface area contributed by atoms with E-state index in [9.17, 15) is 13.6 Å². The van der Waals surface area contributed by atoms with Crippen LogP contribution in [0.4, 0.5) is 20.2 Å². The third-order valence-corrected chi connectivity index (χ3v) is 4.44. The molecule has 1 fully saturated rings. The Morgan fingerprint density at radius 2 is 1.68 bits per heavy atom. The van der Waals surface area contributed by atoms with Crippen molar-refractivity contribution in [1.29, 1.82) is 0 Å². The van der Waals surface area contributed by atoms with E-state index in [0.717, 1.165) is 56.6 Å². The van der Waals surface area contributed by atoms with Crippen molar-refractivity contribution in [1.82, 2.24) is 4.90 Å². The number of carbonyl (C=O) groups excluding carboxylic acids is 1. The number of halogens is 2. The van der Waals surface area contributed by atoms with Gasteiger partial charge in [-0.2, -0.15) is 0 Å². The SMILES string of the molecule is CCN1CCN(c2ccccc2NC(=O)c2cc(F)cc(F)c2)CC1. The summed E-state index contributed by atoms with van der Waals surface area (Å²) in [6.45, 7) is 6.84. The van der Waals surface area contributed by atoms with Crippen LogP contribution in [0.2, 0.25) is 0 Å². The third kappa shape index (κ3) is 4.14. The molecule has 25 heavy (non-hydrogen) atoms. The molecule has 0 spiro atoms. The molecule has 1 heterocycles. The lowest BCUT2D eigenvalue weighted by Gasteiger charge is -2.36. The number of para-hydroxylation sites is 2. The molecule has 1 aliphatic rings. The second-order valence-corrected chi connectivity index (χ2v) is 6.05. The van der Waals surface area contributed by atoms with Crippen molar-refractivity contribution in [2.45, 2.75) is 6.92 Å². The predicted octanol–water partition coefficient (Wildman–Crippen LogP) is 3.36. The van der Waals surface area contributed by atoms with Crippen molar-refractivity contribution >= 4 is 17.3 Å². The van der Waals surface area contributed by atoms with Gasteiger partial charge in [0.1, 0.15) is 11.6 Å². The van der Waals surface area contributed by atoms with E-state index in [1.165, 1.54) is 0 Å². The number of nitrogens with one attached hydrogen (secondary N) is 1. The van der Waals surface area contributed by atoms with E-state index in [1.807, 2.05) is 18.2 Å². The molecule has 3 rings (SSSR count). The van der Waals surface area contributed by atoms with Crippen LogP contribution < -0.4 is 10.2 Å². The molecule has 2 aromatic carbocycles. The fraction of sp³-hybridized carbons (Fsp3) is 0.316. The number of benzene rings is 2. The summed E-state index contributed by atoms with van der Waals surface area (Å²) in [5.41, 5.74) is 1.52. The molecule has 1 saturated heterocycles.